The Morgan fingerprint density at radius 3 is 2.04 bits per heavy atom. The number of fused-ring (bicyclic) bond motifs is 3. The zero-order chi connectivity index (χ0) is 17.5. The SMILES string of the molecule is Cc1cccc2oc3c(-c4ccccc4)cc(-c4ccccc4)cc3c12. The van der Waals surface area contributed by atoms with Crippen LogP contribution < -0.4 is 0 Å². The third-order valence-electron chi connectivity index (χ3n) is 5.00. The fourth-order valence-corrected chi connectivity index (χ4v) is 3.73. The van der Waals surface area contributed by atoms with Crippen LogP contribution in [-0.4, -0.2) is 0 Å². The van der Waals surface area contributed by atoms with Gasteiger partial charge in [0.15, 0.2) is 0 Å². The minimum Gasteiger partial charge on any atom is -0.455 e. The van der Waals surface area contributed by atoms with Crippen LogP contribution in [0, 0.1) is 6.92 Å². The summed E-state index contributed by atoms with van der Waals surface area (Å²) < 4.78 is 6.31. The minimum absolute atomic E-state index is 0.947. The van der Waals surface area contributed by atoms with Crippen LogP contribution in [0.1, 0.15) is 5.56 Å². The van der Waals surface area contributed by atoms with Crippen LogP contribution in [0.3, 0.4) is 0 Å². The average molecular weight is 334 g/mol. The Labute approximate surface area is 152 Å². The van der Waals surface area contributed by atoms with Crippen molar-refractivity contribution in [2.24, 2.45) is 0 Å². The lowest BCUT2D eigenvalue weighted by molar-refractivity contribution is 0.670. The van der Waals surface area contributed by atoms with Crippen molar-refractivity contribution < 1.29 is 4.42 Å². The molecule has 5 rings (SSSR count). The lowest BCUT2D eigenvalue weighted by Crippen LogP contribution is -1.83. The molecule has 26 heavy (non-hydrogen) atoms. The average Bonchev–Trinajstić information content (AvgIpc) is 3.08. The summed E-state index contributed by atoms with van der Waals surface area (Å²) in [4.78, 5) is 0. The predicted molar refractivity (Wildman–Crippen MR) is 109 cm³/mol. The number of benzene rings is 4. The van der Waals surface area contributed by atoms with Crippen LogP contribution in [-0.2, 0) is 0 Å². The molecule has 0 N–H and O–H groups in total. The van der Waals surface area contributed by atoms with E-state index in [1.54, 1.807) is 0 Å². The molecule has 0 aliphatic heterocycles. The summed E-state index contributed by atoms with van der Waals surface area (Å²) >= 11 is 0. The van der Waals surface area contributed by atoms with Crippen LogP contribution in [0.15, 0.2) is 95.4 Å². The van der Waals surface area contributed by atoms with E-state index in [0.29, 0.717) is 0 Å². The standard InChI is InChI=1S/C25H18O/c1-17-9-8-14-23-24(17)22-16-20(18-10-4-2-5-11-18)15-21(25(22)26-23)19-12-6-3-7-13-19/h2-16H,1H3. The largest absolute Gasteiger partial charge is 0.455 e. The molecule has 5 aromatic rings. The normalized spacial score (nSPS) is 11.3. The van der Waals surface area contributed by atoms with Gasteiger partial charge < -0.3 is 4.42 Å². The van der Waals surface area contributed by atoms with E-state index >= 15 is 0 Å². The highest BCUT2D eigenvalue weighted by atomic mass is 16.3. The van der Waals surface area contributed by atoms with E-state index in [2.05, 4.69) is 91.9 Å². The van der Waals surface area contributed by atoms with Gasteiger partial charge in [0.2, 0.25) is 0 Å². The molecular formula is C25H18O. The Morgan fingerprint density at radius 2 is 1.31 bits per heavy atom. The summed E-state index contributed by atoms with van der Waals surface area (Å²) in [6, 6.07) is 31.8. The smallest absolute Gasteiger partial charge is 0.143 e. The van der Waals surface area contributed by atoms with Crippen molar-refractivity contribution in [1.82, 2.24) is 0 Å². The van der Waals surface area contributed by atoms with E-state index in [-0.39, 0.29) is 0 Å². The Bertz CT molecular complexity index is 1210. The van der Waals surface area contributed by atoms with Gasteiger partial charge in [-0.3, -0.25) is 0 Å². The number of hydrogen-bond acceptors (Lipinski definition) is 1. The molecule has 0 aliphatic rings. The first kappa shape index (κ1) is 15.0. The maximum absolute atomic E-state index is 6.31. The molecule has 0 atom stereocenters. The van der Waals surface area contributed by atoms with Gasteiger partial charge in [-0.25, -0.2) is 0 Å². The molecule has 0 fully saturated rings. The highest BCUT2D eigenvalue weighted by Crippen LogP contribution is 2.40. The molecule has 0 bridgehead atoms. The van der Waals surface area contributed by atoms with Crippen molar-refractivity contribution >= 4 is 21.9 Å². The maximum atomic E-state index is 6.31. The molecule has 1 aromatic heterocycles. The summed E-state index contributed by atoms with van der Waals surface area (Å²) in [6.07, 6.45) is 0. The summed E-state index contributed by atoms with van der Waals surface area (Å²) in [5.74, 6) is 0. The Hall–Kier alpha value is -3.32. The molecule has 0 unspecified atom stereocenters. The van der Waals surface area contributed by atoms with E-state index < -0.39 is 0 Å². The molecule has 124 valence electrons. The van der Waals surface area contributed by atoms with Crippen LogP contribution in [0.25, 0.3) is 44.2 Å². The third-order valence-corrected chi connectivity index (χ3v) is 5.00. The molecule has 0 amide bonds. The molecule has 0 spiro atoms. The van der Waals surface area contributed by atoms with Gasteiger partial charge in [0.05, 0.1) is 0 Å². The van der Waals surface area contributed by atoms with E-state index in [1.165, 1.54) is 33.0 Å². The molecule has 0 aliphatic carbocycles. The van der Waals surface area contributed by atoms with Crippen LogP contribution in [0.5, 0.6) is 0 Å². The van der Waals surface area contributed by atoms with Crippen LogP contribution >= 0.6 is 0 Å². The van der Waals surface area contributed by atoms with Gasteiger partial charge in [-0.05, 0) is 47.4 Å². The first-order valence-corrected chi connectivity index (χ1v) is 8.88. The Balaban J connectivity index is 1.93. The van der Waals surface area contributed by atoms with Gasteiger partial charge in [-0.15, -0.1) is 0 Å². The van der Waals surface area contributed by atoms with Crippen molar-refractivity contribution in [1.29, 1.82) is 0 Å². The lowest BCUT2D eigenvalue weighted by Gasteiger charge is -2.08. The van der Waals surface area contributed by atoms with E-state index in [9.17, 15) is 0 Å². The van der Waals surface area contributed by atoms with Crippen molar-refractivity contribution in [3.05, 3.63) is 96.6 Å². The van der Waals surface area contributed by atoms with Crippen molar-refractivity contribution in [3.63, 3.8) is 0 Å². The van der Waals surface area contributed by atoms with Crippen molar-refractivity contribution in [3.8, 4) is 22.3 Å². The highest BCUT2D eigenvalue weighted by Gasteiger charge is 2.15. The topological polar surface area (TPSA) is 13.1 Å². The first-order chi connectivity index (χ1) is 12.8. The first-order valence-electron chi connectivity index (χ1n) is 8.88. The summed E-state index contributed by atoms with van der Waals surface area (Å²) in [6.45, 7) is 2.15. The molecule has 0 radical (unpaired) electrons. The molecule has 1 nitrogen and oxygen atoms in total. The zero-order valence-corrected chi connectivity index (χ0v) is 14.6. The number of aryl methyl sites for hydroxylation is 1. The number of hydrogen-bond donors (Lipinski definition) is 0. The Morgan fingerprint density at radius 1 is 0.615 bits per heavy atom. The molecule has 1 heteroatoms. The van der Waals surface area contributed by atoms with Gasteiger partial charge in [-0.1, -0.05) is 72.8 Å². The Kier molecular flexibility index (Phi) is 3.39. The minimum atomic E-state index is 0.947. The zero-order valence-electron chi connectivity index (χ0n) is 14.6. The predicted octanol–water partition coefficient (Wildman–Crippen LogP) is 7.23. The number of furan rings is 1. The van der Waals surface area contributed by atoms with Crippen molar-refractivity contribution in [2.45, 2.75) is 6.92 Å². The maximum Gasteiger partial charge on any atom is 0.143 e. The summed E-state index contributed by atoms with van der Waals surface area (Å²) in [5.41, 5.74) is 7.88. The molecule has 4 aromatic carbocycles. The number of rotatable bonds is 2. The summed E-state index contributed by atoms with van der Waals surface area (Å²) in [5, 5.41) is 2.38. The molecular weight excluding hydrogens is 316 g/mol. The lowest BCUT2D eigenvalue weighted by atomic mass is 9.95. The fraction of sp³-hybridized carbons (Fsp3) is 0.0400. The molecule has 0 saturated carbocycles. The summed E-state index contributed by atoms with van der Waals surface area (Å²) in [7, 11) is 0. The van der Waals surface area contributed by atoms with Crippen LogP contribution in [0.4, 0.5) is 0 Å². The van der Waals surface area contributed by atoms with Crippen LogP contribution in [0.2, 0.25) is 0 Å². The van der Waals surface area contributed by atoms with E-state index in [1.807, 2.05) is 6.07 Å². The molecule has 1 heterocycles. The highest BCUT2D eigenvalue weighted by molar-refractivity contribution is 6.12. The fourth-order valence-electron chi connectivity index (χ4n) is 3.73. The molecule has 0 saturated heterocycles. The van der Waals surface area contributed by atoms with E-state index in [0.717, 1.165) is 16.7 Å². The third kappa shape index (κ3) is 2.33. The second-order valence-electron chi connectivity index (χ2n) is 6.68. The second kappa shape index (κ2) is 5.89. The van der Waals surface area contributed by atoms with Gasteiger partial charge in [0, 0.05) is 16.3 Å². The van der Waals surface area contributed by atoms with E-state index in [4.69, 9.17) is 4.42 Å². The quantitative estimate of drug-likeness (QED) is 0.332. The second-order valence-corrected chi connectivity index (χ2v) is 6.68. The van der Waals surface area contributed by atoms with Gasteiger partial charge >= 0.3 is 0 Å². The van der Waals surface area contributed by atoms with Gasteiger partial charge in [0.25, 0.3) is 0 Å². The van der Waals surface area contributed by atoms with Crippen molar-refractivity contribution in [2.75, 3.05) is 0 Å². The van der Waals surface area contributed by atoms with Gasteiger partial charge in [0.1, 0.15) is 11.2 Å². The van der Waals surface area contributed by atoms with Gasteiger partial charge in [-0.2, -0.15) is 0 Å². The monoisotopic (exact) mass is 334 g/mol.